The molecule has 2 heteroatoms. The van der Waals surface area contributed by atoms with Gasteiger partial charge in [0.2, 0.25) is 0 Å². The molecule has 0 aliphatic carbocycles. The first kappa shape index (κ1) is 20.2. The average molecular weight is 296 g/mol. The Morgan fingerprint density at radius 2 is 1.52 bits per heavy atom. The third-order valence-electron chi connectivity index (χ3n) is 4.04. The fourth-order valence-corrected chi connectivity index (χ4v) is 2.68. The van der Waals surface area contributed by atoms with Crippen LogP contribution < -0.4 is 0 Å². The third-order valence-corrected chi connectivity index (χ3v) is 4.04. The van der Waals surface area contributed by atoms with Crippen molar-refractivity contribution < 1.29 is 9.90 Å². The van der Waals surface area contributed by atoms with Crippen LogP contribution in [0.1, 0.15) is 97.3 Å². The molecule has 1 unspecified atom stereocenters. The molecule has 0 spiro atoms. The maximum absolute atomic E-state index is 10.9. The van der Waals surface area contributed by atoms with E-state index in [2.05, 4.69) is 26.0 Å². The highest BCUT2D eigenvalue weighted by Crippen LogP contribution is 2.19. The molecule has 0 rings (SSSR count). The topological polar surface area (TPSA) is 37.3 Å². The zero-order valence-electron chi connectivity index (χ0n) is 14.3. The fraction of sp³-hybridized carbons (Fsp3) is 0.842. The molecular weight excluding hydrogens is 260 g/mol. The molecule has 0 fully saturated rings. The van der Waals surface area contributed by atoms with Crippen LogP contribution in [0.4, 0.5) is 0 Å². The van der Waals surface area contributed by atoms with E-state index < -0.39 is 5.97 Å². The highest BCUT2D eigenvalue weighted by atomic mass is 16.4. The summed E-state index contributed by atoms with van der Waals surface area (Å²) in [5.41, 5.74) is 0. The summed E-state index contributed by atoms with van der Waals surface area (Å²) in [5, 5.41) is 8.99. The number of carboxylic acids is 1. The first-order chi connectivity index (χ1) is 10.2. The quantitative estimate of drug-likeness (QED) is 0.282. The highest BCUT2D eigenvalue weighted by molar-refractivity contribution is 5.67. The van der Waals surface area contributed by atoms with Crippen LogP contribution in [-0.2, 0) is 4.79 Å². The van der Waals surface area contributed by atoms with Crippen LogP contribution in [0.25, 0.3) is 0 Å². The van der Waals surface area contributed by atoms with Crippen molar-refractivity contribution in [2.75, 3.05) is 0 Å². The van der Waals surface area contributed by atoms with Crippen LogP contribution in [0.3, 0.4) is 0 Å². The fourth-order valence-electron chi connectivity index (χ4n) is 2.68. The lowest BCUT2D eigenvalue weighted by Crippen LogP contribution is -2.07. The van der Waals surface area contributed by atoms with Crippen molar-refractivity contribution in [2.24, 2.45) is 5.92 Å². The Morgan fingerprint density at radius 3 is 2.14 bits per heavy atom. The van der Waals surface area contributed by atoms with Crippen LogP contribution in [0.5, 0.6) is 0 Å². The van der Waals surface area contributed by atoms with Gasteiger partial charge >= 0.3 is 5.97 Å². The largest absolute Gasteiger partial charge is 0.481 e. The minimum Gasteiger partial charge on any atom is -0.481 e. The molecule has 0 heterocycles. The van der Waals surface area contributed by atoms with Gasteiger partial charge in [-0.1, -0.05) is 77.4 Å². The number of carboxylic acid groups (broad SMARTS) is 1. The summed E-state index contributed by atoms with van der Waals surface area (Å²) in [6.45, 7) is 4.45. The van der Waals surface area contributed by atoms with Crippen LogP contribution in [0.2, 0.25) is 0 Å². The van der Waals surface area contributed by atoms with E-state index in [0.717, 1.165) is 19.3 Å². The predicted molar refractivity (Wildman–Crippen MR) is 91.6 cm³/mol. The number of carbonyl (C=O) groups is 1. The number of hydrogen-bond acceptors (Lipinski definition) is 1. The molecule has 1 N–H and O–H groups in total. The van der Waals surface area contributed by atoms with Crippen LogP contribution in [-0.4, -0.2) is 11.1 Å². The van der Waals surface area contributed by atoms with Gasteiger partial charge in [-0.15, -0.1) is 0 Å². The Kier molecular flexibility index (Phi) is 15.0. The van der Waals surface area contributed by atoms with Gasteiger partial charge < -0.3 is 5.11 Å². The zero-order chi connectivity index (χ0) is 15.8. The summed E-state index contributed by atoms with van der Waals surface area (Å²) in [4.78, 5) is 10.9. The number of unbranched alkanes of at least 4 members (excludes halogenated alkanes) is 8. The van der Waals surface area contributed by atoms with Gasteiger partial charge in [-0.25, -0.2) is 0 Å². The molecular formula is C19H36O2. The summed E-state index contributed by atoms with van der Waals surface area (Å²) >= 11 is 0. The van der Waals surface area contributed by atoms with Crippen LogP contribution >= 0.6 is 0 Å². The van der Waals surface area contributed by atoms with Gasteiger partial charge in [0.15, 0.2) is 0 Å². The summed E-state index contributed by atoms with van der Waals surface area (Å²) < 4.78 is 0. The van der Waals surface area contributed by atoms with Crippen molar-refractivity contribution in [3.05, 3.63) is 12.2 Å². The van der Waals surface area contributed by atoms with Crippen LogP contribution in [0, 0.1) is 5.92 Å². The molecule has 124 valence electrons. The number of rotatable bonds is 15. The second kappa shape index (κ2) is 15.6. The number of hydrogen-bond donors (Lipinski definition) is 1. The summed E-state index contributed by atoms with van der Waals surface area (Å²) in [5.74, 6) is -0.320. The molecule has 0 amide bonds. The lowest BCUT2D eigenvalue weighted by Gasteiger charge is -2.12. The molecule has 0 aromatic carbocycles. The Hall–Kier alpha value is -0.790. The van der Waals surface area contributed by atoms with Gasteiger partial charge in [0.25, 0.3) is 0 Å². The van der Waals surface area contributed by atoms with E-state index >= 15 is 0 Å². The molecule has 1 atom stereocenters. The second-order valence-electron chi connectivity index (χ2n) is 6.22. The predicted octanol–water partition coefficient (Wildman–Crippen LogP) is 6.35. The molecule has 0 bridgehead atoms. The zero-order valence-corrected chi connectivity index (χ0v) is 14.3. The summed E-state index contributed by atoms with van der Waals surface area (Å²) in [6.07, 6.45) is 19.5. The van der Waals surface area contributed by atoms with Crippen molar-refractivity contribution >= 4 is 5.97 Å². The van der Waals surface area contributed by atoms with Gasteiger partial charge in [0.05, 0.1) is 0 Å². The van der Waals surface area contributed by atoms with Crippen molar-refractivity contribution in [2.45, 2.75) is 97.3 Å². The molecule has 0 radical (unpaired) electrons. The van der Waals surface area contributed by atoms with Crippen LogP contribution in [0.15, 0.2) is 12.2 Å². The summed E-state index contributed by atoms with van der Waals surface area (Å²) in [6, 6.07) is 0. The standard InChI is InChI=1S/C19H36O2/c1-3-5-7-9-10-11-12-14-16-18(17-19(20)21)15-13-8-6-4-2/h12,14,18H,3-11,13,15-17H2,1-2H3,(H,20,21). The number of aliphatic carboxylic acids is 1. The second-order valence-corrected chi connectivity index (χ2v) is 6.22. The van der Waals surface area contributed by atoms with Gasteiger partial charge in [-0.2, -0.15) is 0 Å². The molecule has 0 aromatic heterocycles. The number of allylic oxidation sites excluding steroid dienone is 2. The van der Waals surface area contributed by atoms with Crippen molar-refractivity contribution in [3.63, 3.8) is 0 Å². The molecule has 0 aliphatic heterocycles. The summed E-state index contributed by atoms with van der Waals surface area (Å²) in [7, 11) is 0. The smallest absolute Gasteiger partial charge is 0.303 e. The molecule has 0 aliphatic rings. The molecule has 0 saturated carbocycles. The van der Waals surface area contributed by atoms with Gasteiger partial charge in [-0.3, -0.25) is 4.79 Å². The van der Waals surface area contributed by atoms with E-state index in [9.17, 15) is 4.79 Å². The van der Waals surface area contributed by atoms with Gasteiger partial charge in [0.1, 0.15) is 0 Å². The molecule has 0 aromatic rings. The van der Waals surface area contributed by atoms with E-state index in [-0.39, 0.29) is 0 Å². The average Bonchev–Trinajstić information content (AvgIpc) is 2.45. The first-order valence-electron chi connectivity index (χ1n) is 9.07. The normalized spacial score (nSPS) is 12.9. The third kappa shape index (κ3) is 15.4. The van der Waals surface area contributed by atoms with E-state index in [1.54, 1.807) is 0 Å². The Morgan fingerprint density at radius 1 is 0.905 bits per heavy atom. The maximum Gasteiger partial charge on any atom is 0.303 e. The Balaban J connectivity index is 3.75. The van der Waals surface area contributed by atoms with Gasteiger partial charge in [-0.05, 0) is 31.6 Å². The van der Waals surface area contributed by atoms with E-state index in [4.69, 9.17) is 5.11 Å². The monoisotopic (exact) mass is 296 g/mol. The van der Waals surface area contributed by atoms with E-state index in [0.29, 0.717) is 12.3 Å². The first-order valence-corrected chi connectivity index (χ1v) is 9.07. The molecule has 21 heavy (non-hydrogen) atoms. The lowest BCUT2D eigenvalue weighted by molar-refractivity contribution is -0.138. The lowest BCUT2D eigenvalue weighted by atomic mass is 9.94. The Bertz CT molecular complexity index is 258. The molecule has 0 saturated heterocycles. The van der Waals surface area contributed by atoms with E-state index in [1.807, 2.05) is 0 Å². The van der Waals surface area contributed by atoms with Crippen molar-refractivity contribution in [1.29, 1.82) is 0 Å². The SMILES string of the molecule is CCCCCCCC=CCC(CCCCCC)CC(=O)O. The highest BCUT2D eigenvalue weighted by Gasteiger charge is 2.11. The van der Waals surface area contributed by atoms with Crippen molar-refractivity contribution in [1.82, 2.24) is 0 Å². The minimum absolute atomic E-state index is 0.326. The maximum atomic E-state index is 10.9. The minimum atomic E-state index is -0.650. The van der Waals surface area contributed by atoms with E-state index in [1.165, 1.54) is 57.8 Å². The molecule has 2 nitrogen and oxygen atoms in total. The van der Waals surface area contributed by atoms with Gasteiger partial charge in [0, 0.05) is 6.42 Å². The Labute approximate surface area is 132 Å². The van der Waals surface area contributed by atoms with Crippen molar-refractivity contribution in [3.8, 4) is 0 Å².